The fourth-order valence-electron chi connectivity index (χ4n) is 18.9. The quantitative estimate of drug-likeness (QED) is 0.303. The van der Waals surface area contributed by atoms with Crippen LogP contribution in [0.5, 0.6) is 0 Å². The topological polar surface area (TPSA) is 18.5 Å². The lowest BCUT2D eigenvalue weighted by molar-refractivity contribution is -0.0167. The molecule has 0 aromatic carbocycles. The summed E-state index contributed by atoms with van der Waals surface area (Å²) >= 11 is 0. The molecule has 11 fully saturated rings. The summed E-state index contributed by atoms with van der Waals surface area (Å²) in [4.78, 5) is 6.71. The Labute approximate surface area is 333 Å². The molecule has 304 valence electrons. The Kier molecular flexibility index (Phi) is 11.0. The zero-order valence-corrected chi connectivity index (χ0v) is 35.1. The highest BCUT2D eigenvalue weighted by Crippen LogP contribution is 2.59. The first kappa shape index (κ1) is 36.9. The Balaban J connectivity index is 0.807. The van der Waals surface area contributed by atoms with Crippen LogP contribution < -0.4 is 5.32 Å². The third-order valence-electron chi connectivity index (χ3n) is 21.0. The summed E-state index contributed by atoms with van der Waals surface area (Å²) in [6, 6.07) is 5.53. The smallest absolute Gasteiger partial charge is 0.0607 e. The van der Waals surface area contributed by atoms with Gasteiger partial charge in [0.25, 0.3) is 0 Å². The van der Waals surface area contributed by atoms with Crippen LogP contribution in [0.3, 0.4) is 0 Å². The van der Waals surface area contributed by atoms with E-state index < -0.39 is 0 Å². The molecule has 1 N–H and O–H groups in total. The van der Waals surface area contributed by atoms with Gasteiger partial charge in [0.05, 0.1) is 6.17 Å². The van der Waals surface area contributed by atoms with Crippen LogP contribution in [0, 0.1) is 65.1 Å². The van der Waals surface area contributed by atoms with Crippen molar-refractivity contribution in [3.63, 3.8) is 0 Å². The summed E-state index contributed by atoms with van der Waals surface area (Å²) in [5.41, 5.74) is 0. The molecule has 11 aliphatic rings. The maximum Gasteiger partial charge on any atom is 0.0607 e. The number of hydrogen-bond acceptors (Lipinski definition) is 3. The average Bonchev–Trinajstić information content (AvgIpc) is 3.76. The van der Waals surface area contributed by atoms with E-state index in [0.29, 0.717) is 6.17 Å². The van der Waals surface area contributed by atoms with Gasteiger partial charge in [-0.05, 0) is 168 Å². The van der Waals surface area contributed by atoms with Crippen LogP contribution in [-0.2, 0) is 0 Å². The molecule has 11 rings (SSSR count). The van der Waals surface area contributed by atoms with Gasteiger partial charge in [-0.25, -0.2) is 0 Å². The maximum absolute atomic E-state index is 4.60. The lowest BCUT2D eigenvalue weighted by Crippen LogP contribution is -2.61. The number of nitrogens with zero attached hydrogens (tertiary/aromatic N) is 2. The third-order valence-corrected chi connectivity index (χ3v) is 21.0. The Bertz CT molecular complexity index is 1210. The van der Waals surface area contributed by atoms with E-state index >= 15 is 0 Å². The van der Waals surface area contributed by atoms with E-state index in [9.17, 15) is 0 Å². The average molecular weight is 740 g/mol. The number of fused-ring (bicyclic) bond motifs is 7. The first-order chi connectivity index (χ1) is 26.8. The monoisotopic (exact) mass is 740 g/mol. The molecule has 3 heteroatoms. The Morgan fingerprint density at radius 2 is 0.722 bits per heavy atom. The molecular weight excluding hydrogens is 655 g/mol. The van der Waals surface area contributed by atoms with E-state index in [1.54, 1.807) is 109 Å². The molecule has 8 aliphatic carbocycles. The number of rotatable bonds is 5. The highest BCUT2D eigenvalue weighted by Gasteiger charge is 2.58. The predicted molar refractivity (Wildman–Crippen MR) is 224 cm³/mol. The van der Waals surface area contributed by atoms with E-state index in [0.717, 1.165) is 101 Å². The summed E-state index contributed by atoms with van der Waals surface area (Å²) in [5.74, 6) is 11.4. The Hall–Kier alpha value is -0.120. The number of likely N-dealkylation sites (tertiary alicyclic amines) is 2. The molecule has 8 saturated carbocycles. The van der Waals surface area contributed by atoms with Gasteiger partial charge in [0.15, 0.2) is 0 Å². The maximum atomic E-state index is 4.60. The third kappa shape index (κ3) is 6.77. The molecule has 0 bridgehead atoms. The standard InChI is InChI=1S/C51H85N3/c1-3-14-34(15-4-1)39-32-45(36-17-5-2-6-18-36)52-51(33-39)54-48-24-12-10-22-42(48)44-31-38(27-29-50(44)54)37-26-28-49-43(30-37)41-21-9-11-23-47(41)53(49)46-25-13-19-35-16-7-8-20-40(35)46/h34-52H,1-33H2. The molecule has 0 aromatic rings. The molecule has 3 aliphatic heterocycles. The largest absolute Gasteiger partial charge is 0.299 e. The predicted octanol–water partition coefficient (Wildman–Crippen LogP) is 12.5. The molecule has 16 atom stereocenters. The van der Waals surface area contributed by atoms with Crippen molar-refractivity contribution in [1.82, 2.24) is 15.1 Å². The number of nitrogens with one attached hydrogen (secondary N) is 1. The minimum atomic E-state index is 0.696. The summed E-state index contributed by atoms with van der Waals surface area (Å²) < 4.78 is 0. The molecule has 0 amide bonds. The highest BCUT2D eigenvalue weighted by molar-refractivity contribution is 5.11. The first-order valence-corrected chi connectivity index (χ1v) is 26.1. The Morgan fingerprint density at radius 1 is 0.259 bits per heavy atom. The van der Waals surface area contributed by atoms with Crippen molar-refractivity contribution in [3.05, 3.63) is 0 Å². The molecule has 3 heterocycles. The second kappa shape index (κ2) is 16.1. The SMILES string of the molecule is C1CCC(C2CC(C3CCCCC3)NC(N3C4CCCCC4C4CC(C5CCC6C(C5)C5CCCCC5N6C5CCCC6CCCCC65)CCC43)C2)CC1. The fraction of sp³-hybridized carbons (Fsp3) is 1.00. The summed E-state index contributed by atoms with van der Waals surface area (Å²) in [5, 5.41) is 4.60. The van der Waals surface area contributed by atoms with E-state index in [-0.39, 0.29) is 0 Å². The molecule has 0 radical (unpaired) electrons. The van der Waals surface area contributed by atoms with Gasteiger partial charge in [0, 0.05) is 36.3 Å². The zero-order valence-electron chi connectivity index (χ0n) is 35.1. The molecular formula is C51H85N3. The lowest BCUT2D eigenvalue weighted by Gasteiger charge is -2.51. The van der Waals surface area contributed by atoms with E-state index in [1.807, 2.05) is 0 Å². The Morgan fingerprint density at radius 3 is 1.41 bits per heavy atom. The second-order valence-corrected chi connectivity index (χ2v) is 23.1. The van der Waals surface area contributed by atoms with E-state index in [4.69, 9.17) is 0 Å². The van der Waals surface area contributed by atoms with Crippen LogP contribution in [0.25, 0.3) is 0 Å². The fourth-order valence-corrected chi connectivity index (χ4v) is 18.9. The van der Waals surface area contributed by atoms with Crippen LogP contribution in [0.2, 0.25) is 0 Å². The van der Waals surface area contributed by atoms with Crippen molar-refractivity contribution in [2.24, 2.45) is 65.1 Å². The van der Waals surface area contributed by atoms with Gasteiger partial charge in [0.2, 0.25) is 0 Å². The minimum Gasteiger partial charge on any atom is -0.299 e. The van der Waals surface area contributed by atoms with E-state index in [1.165, 1.54) is 103 Å². The minimum absolute atomic E-state index is 0.696. The summed E-state index contributed by atoms with van der Waals surface area (Å²) in [6.07, 6.45) is 51.8. The first-order valence-electron chi connectivity index (χ1n) is 26.1. The van der Waals surface area contributed by atoms with Gasteiger partial charge in [-0.1, -0.05) is 109 Å². The van der Waals surface area contributed by atoms with Crippen molar-refractivity contribution < 1.29 is 0 Å². The summed E-state index contributed by atoms with van der Waals surface area (Å²) in [6.45, 7) is 0. The molecule has 0 spiro atoms. The van der Waals surface area contributed by atoms with Crippen LogP contribution in [0.1, 0.15) is 212 Å². The molecule has 0 aromatic heterocycles. The van der Waals surface area contributed by atoms with Crippen molar-refractivity contribution in [2.75, 3.05) is 0 Å². The number of piperidine rings is 1. The molecule has 3 nitrogen and oxygen atoms in total. The molecule has 54 heavy (non-hydrogen) atoms. The number of hydrogen-bond donors (Lipinski definition) is 1. The van der Waals surface area contributed by atoms with Gasteiger partial charge in [0.1, 0.15) is 0 Å². The normalized spacial score (nSPS) is 51.1. The summed E-state index contributed by atoms with van der Waals surface area (Å²) in [7, 11) is 0. The van der Waals surface area contributed by atoms with Crippen molar-refractivity contribution >= 4 is 0 Å². The highest BCUT2D eigenvalue weighted by atomic mass is 15.3. The van der Waals surface area contributed by atoms with E-state index in [2.05, 4.69) is 15.1 Å². The van der Waals surface area contributed by atoms with Gasteiger partial charge >= 0.3 is 0 Å². The van der Waals surface area contributed by atoms with Crippen LogP contribution in [0.15, 0.2) is 0 Å². The van der Waals surface area contributed by atoms with Gasteiger partial charge < -0.3 is 0 Å². The molecule has 16 unspecified atom stereocenters. The second-order valence-electron chi connectivity index (χ2n) is 23.1. The van der Waals surface area contributed by atoms with Crippen LogP contribution in [-0.4, -0.2) is 52.2 Å². The lowest BCUT2D eigenvalue weighted by atomic mass is 9.62. The van der Waals surface area contributed by atoms with Gasteiger partial charge in [-0.2, -0.15) is 0 Å². The molecule has 3 saturated heterocycles. The van der Waals surface area contributed by atoms with Crippen LogP contribution in [0.4, 0.5) is 0 Å². The van der Waals surface area contributed by atoms with Crippen molar-refractivity contribution in [2.45, 2.75) is 254 Å². The van der Waals surface area contributed by atoms with Gasteiger partial charge in [-0.3, -0.25) is 15.1 Å². The van der Waals surface area contributed by atoms with Crippen molar-refractivity contribution in [3.8, 4) is 0 Å². The van der Waals surface area contributed by atoms with Crippen LogP contribution >= 0.6 is 0 Å². The van der Waals surface area contributed by atoms with Crippen molar-refractivity contribution in [1.29, 1.82) is 0 Å². The zero-order chi connectivity index (χ0) is 35.6. The van der Waals surface area contributed by atoms with Gasteiger partial charge in [-0.15, -0.1) is 0 Å².